The SMILES string of the molecule is Cc1ccc(-c2ccc(/C=C/C(=O)N3CCN(c4ccc([N+](=O)[O-])cc4Cl)CC3)o2)cc1Cl. The van der Waals surface area contributed by atoms with Crippen LogP contribution in [0.2, 0.25) is 10.0 Å². The number of carbonyl (C=O) groups excluding carboxylic acids is 1. The predicted octanol–water partition coefficient (Wildman–Crippen LogP) is 5.83. The highest BCUT2D eigenvalue weighted by Gasteiger charge is 2.22. The summed E-state index contributed by atoms with van der Waals surface area (Å²) >= 11 is 12.4. The van der Waals surface area contributed by atoms with E-state index in [4.69, 9.17) is 27.6 Å². The minimum atomic E-state index is -0.476. The van der Waals surface area contributed by atoms with Crippen molar-refractivity contribution in [2.45, 2.75) is 6.92 Å². The van der Waals surface area contributed by atoms with Gasteiger partial charge in [0.2, 0.25) is 5.91 Å². The molecule has 1 fully saturated rings. The van der Waals surface area contributed by atoms with Crippen LogP contribution < -0.4 is 4.90 Å². The fourth-order valence-corrected chi connectivity index (χ4v) is 4.11. The molecule has 1 saturated heterocycles. The van der Waals surface area contributed by atoms with Crippen molar-refractivity contribution < 1.29 is 14.1 Å². The van der Waals surface area contributed by atoms with Gasteiger partial charge >= 0.3 is 0 Å². The van der Waals surface area contributed by atoms with Gasteiger partial charge in [-0.05, 0) is 42.8 Å². The first kappa shape index (κ1) is 22.9. The van der Waals surface area contributed by atoms with Gasteiger partial charge in [-0.15, -0.1) is 0 Å². The number of hydrogen-bond acceptors (Lipinski definition) is 5. The van der Waals surface area contributed by atoms with E-state index in [9.17, 15) is 14.9 Å². The molecule has 0 N–H and O–H groups in total. The summed E-state index contributed by atoms with van der Waals surface area (Å²) in [5.74, 6) is 1.14. The van der Waals surface area contributed by atoms with Crippen molar-refractivity contribution in [2.75, 3.05) is 31.1 Å². The quantitative estimate of drug-likeness (QED) is 0.258. The van der Waals surface area contributed by atoms with Crippen LogP contribution >= 0.6 is 23.2 Å². The highest BCUT2D eigenvalue weighted by atomic mass is 35.5. The maximum absolute atomic E-state index is 12.6. The third-order valence-corrected chi connectivity index (χ3v) is 6.26. The molecule has 0 aliphatic carbocycles. The molecule has 1 aliphatic rings. The first-order valence-electron chi connectivity index (χ1n) is 10.3. The Kier molecular flexibility index (Phi) is 6.72. The lowest BCUT2D eigenvalue weighted by Crippen LogP contribution is -2.48. The molecule has 1 amide bonds. The Morgan fingerprint density at radius 1 is 1.03 bits per heavy atom. The molecule has 1 aromatic heterocycles. The van der Waals surface area contributed by atoms with E-state index in [0.717, 1.165) is 16.8 Å². The third-order valence-electron chi connectivity index (χ3n) is 5.55. The van der Waals surface area contributed by atoms with Gasteiger partial charge in [0.15, 0.2) is 0 Å². The monoisotopic (exact) mass is 485 g/mol. The van der Waals surface area contributed by atoms with Crippen LogP contribution in [0.5, 0.6) is 0 Å². The number of rotatable bonds is 5. The molecule has 7 nitrogen and oxygen atoms in total. The number of piperazine rings is 1. The minimum absolute atomic E-state index is 0.0470. The number of nitrogens with zero attached hydrogens (tertiary/aromatic N) is 3. The van der Waals surface area contributed by atoms with E-state index in [-0.39, 0.29) is 11.6 Å². The van der Waals surface area contributed by atoms with Crippen LogP contribution in [0, 0.1) is 17.0 Å². The molecule has 33 heavy (non-hydrogen) atoms. The molecule has 0 bridgehead atoms. The summed E-state index contributed by atoms with van der Waals surface area (Å²) in [5.41, 5.74) is 2.55. The number of benzene rings is 2. The predicted molar refractivity (Wildman–Crippen MR) is 130 cm³/mol. The van der Waals surface area contributed by atoms with Crippen molar-refractivity contribution in [1.82, 2.24) is 4.90 Å². The summed E-state index contributed by atoms with van der Waals surface area (Å²) in [7, 11) is 0. The number of nitro groups is 1. The van der Waals surface area contributed by atoms with E-state index in [2.05, 4.69) is 0 Å². The Bertz CT molecular complexity index is 1230. The minimum Gasteiger partial charge on any atom is -0.457 e. The summed E-state index contributed by atoms with van der Waals surface area (Å²) in [6.07, 6.45) is 3.15. The normalized spacial score (nSPS) is 14.2. The van der Waals surface area contributed by atoms with Gasteiger partial charge in [-0.3, -0.25) is 14.9 Å². The van der Waals surface area contributed by atoms with Crippen LogP contribution in [-0.2, 0) is 4.79 Å². The molecule has 3 aromatic rings. The van der Waals surface area contributed by atoms with Gasteiger partial charge in [-0.25, -0.2) is 0 Å². The van der Waals surface area contributed by atoms with E-state index < -0.39 is 4.92 Å². The van der Waals surface area contributed by atoms with Gasteiger partial charge in [-0.1, -0.05) is 35.3 Å². The molecule has 2 aromatic carbocycles. The third kappa shape index (κ3) is 5.21. The fraction of sp³-hybridized carbons (Fsp3) is 0.208. The smallest absolute Gasteiger partial charge is 0.271 e. The molecule has 0 unspecified atom stereocenters. The number of nitro benzene ring substituents is 1. The lowest BCUT2D eigenvalue weighted by molar-refractivity contribution is -0.384. The van der Waals surface area contributed by atoms with E-state index in [1.54, 1.807) is 23.1 Å². The van der Waals surface area contributed by atoms with Gasteiger partial charge in [0.05, 0.1) is 15.6 Å². The zero-order valence-corrected chi connectivity index (χ0v) is 19.3. The first-order chi connectivity index (χ1) is 15.8. The molecule has 1 aliphatic heterocycles. The largest absolute Gasteiger partial charge is 0.457 e. The summed E-state index contributed by atoms with van der Waals surface area (Å²) < 4.78 is 5.83. The molecule has 0 atom stereocenters. The van der Waals surface area contributed by atoms with Crippen LogP contribution in [0.3, 0.4) is 0 Å². The second-order valence-corrected chi connectivity index (χ2v) is 8.52. The Labute approximate surface area is 201 Å². The summed E-state index contributed by atoms with van der Waals surface area (Å²) in [5, 5.41) is 11.9. The lowest BCUT2D eigenvalue weighted by atomic mass is 10.1. The number of hydrogen-bond donors (Lipinski definition) is 0. The van der Waals surface area contributed by atoms with Crippen LogP contribution in [0.15, 0.2) is 59.0 Å². The van der Waals surface area contributed by atoms with Gasteiger partial charge in [0, 0.05) is 55.0 Å². The topological polar surface area (TPSA) is 79.8 Å². The highest BCUT2D eigenvalue weighted by molar-refractivity contribution is 6.33. The molecular formula is C24H21Cl2N3O4. The van der Waals surface area contributed by atoms with E-state index >= 15 is 0 Å². The zero-order chi connectivity index (χ0) is 23.5. The van der Waals surface area contributed by atoms with Crippen molar-refractivity contribution in [2.24, 2.45) is 0 Å². The van der Waals surface area contributed by atoms with Gasteiger partial charge in [0.25, 0.3) is 5.69 Å². The second-order valence-electron chi connectivity index (χ2n) is 7.70. The zero-order valence-electron chi connectivity index (χ0n) is 17.8. The lowest BCUT2D eigenvalue weighted by Gasteiger charge is -2.36. The Hall–Kier alpha value is -3.29. The second kappa shape index (κ2) is 9.68. The Morgan fingerprint density at radius 2 is 1.79 bits per heavy atom. The van der Waals surface area contributed by atoms with Gasteiger partial charge in [0.1, 0.15) is 11.5 Å². The van der Waals surface area contributed by atoms with Crippen molar-refractivity contribution in [3.05, 3.63) is 86.1 Å². The Balaban J connectivity index is 1.35. The average Bonchev–Trinajstić information content (AvgIpc) is 3.28. The standard InChI is InChI=1S/C24H21Cl2N3O4/c1-16-2-3-17(14-20(16)25)23-8-5-19(33-23)6-9-24(30)28-12-10-27(11-13-28)22-7-4-18(29(31)32)15-21(22)26/h2-9,14-15H,10-13H2,1H3/b9-6+. The van der Waals surface area contributed by atoms with Crippen molar-refractivity contribution in [3.8, 4) is 11.3 Å². The van der Waals surface area contributed by atoms with Gasteiger partial charge in [-0.2, -0.15) is 0 Å². The fourth-order valence-electron chi connectivity index (χ4n) is 3.64. The molecule has 9 heteroatoms. The average molecular weight is 486 g/mol. The van der Waals surface area contributed by atoms with Crippen LogP contribution in [-0.4, -0.2) is 41.9 Å². The summed E-state index contributed by atoms with van der Waals surface area (Å²) in [4.78, 5) is 26.8. The van der Waals surface area contributed by atoms with Crippen LogP contribution in [0.25, 0.3) is 17.4 Å². The van der Waals surface area contributed by atoms with Crippen LogP contribution in [0.4, 0.5) is 11.4 Å². The first-order valence-corrected chi connectivity index (χ1v) is 11.1. The highest BCUT2D eigenvalue weighted by Crippen LogP contribution is 2.31. The van der Waals surface area contributed by atoms with E-state index in [1.165, 1.54) is 18.2 Å². The molecular weight excluding hydrogens is 465 g/mol. The van der Waals surface area contributed by atoms with Crippen molar-refractivity contribution in [3.63, 3.8) is 0 Å². The number of carbonyl (C=O) groups is 1. The number of aryl methyl sites for hydroxylation is 1. The maximum Gasteiger partial charge on any atom is 0.271 e. The molecule has 0 saturated carbocycles. The molecule has 170 valence electrons. The molecule has 4 rings (SSSR count). The van der Waals surface area contributed by atoms with Crippen molar-refractivity contribution >= 4 is 46.6 Å². The van der Waals surface area contributed by atoms with Crippen molar-refractivity contribution in [1.29, 1.82) is 0 Å². The molecule has 0 radical (unpaired) electrons. The number of anilines is 1. The summed E-state index contributed by atoms with van der Waals surface area (Å²) in [6.45, 7) is 4.13. The number of furan rings is 1. The number of amides is 1. The van der Waals surface area contributed by atoms with E-state index in [1.807, 2.05) is 36.1 Å². The Morgan fingerprint density at radius 3 is 2.45 bits per heavy atom. The van der Waals surface area contributed by atoms with E-state index in [0.29, 0.717) is 47.7 Å². The van der Waals surface area contributed by atoms with Gasteiger partial charge < -0.3 is 14.2 Å². The summed E-state index contributed by atoms with van der Waals surface area (Å²) in [6, 6.07) is 13.8. The maximum atomic E-state index is 12.6. The number of non-ortho nitro benzene ring substituents is 1. The molecule has 0 spiro atoms. The number of halogens is 2. The van der Waals surface area contributed by atoms with Crippen LogP contribution in [0.1, 0.15) is 11.3 Å². The molecule has 2 heterocycles.